The molecule has 0 saturated carbocycles. The molecular weight excluding hydrogens is 239 g/mol. The molecule has 0 spiro atoms. The number of benzene rings is 1. The number of amides is 1. The molecule has 1 aromatic carbocycles. The van der Waals surface area contributed by atoms with Gasteiger partial charge >= 0.3 is 0 Å². The summed E-state index contributed by atoms with van der Waals surface area (Å²) in [7, 11) is 0. The molecule has 4 N–H and O–H groups in total. The van der Waals surface area contributed by atoms with Crippen molar-refractivity contribution in [3.05, 3.63) is 34.9 Å². The van der Waals surface area contributed by atoms with Crippen molar-refractivity contribution in [2.45, 2.75) is 6.54 Å². The molecule has 0 aliphatic carbocycles. The van der Waals surface area contributed by atoms with Gasteiger partial charge in [-0.2, -0.15) is 4.84 Å². The summed E-state index contributed by atoms with van der Waals surface area (Å²) < 4.78 is 0. The van der Waals surface area contributed by atoms with E-state index in [2.05, 4.69) is 16.1 Å². The fourth-order valence-electron chi connectivity index (χ4n) is 0.947. The summed E-state index contributed by atoms with van der Waals surface area (Å²) in [6, 6.07) is 7.27. The second kappa shape index (κ2) is 7.48. The van der Waals surface area contributed by atoms with Gasteiger partial charge in [0.1, 0.15) is 0 Å². The number of halogens is 2. The fourth-order valence-corrected chi connectivity index (χ4v) is 1.07. The Morgan fingerprint density at radius 3 is 2.53 bits per heavy atom. The standard InChI is InChI=1S/C9H11ClN2O2.ClH/c10-8-3-1-7(2-4-8)5-12-9(13)6-14-11;/h1-4H,5-6H2,11H3;1H. The number of carbonyl (C=O) groups is 1. The van der Waals surface area contributed by atoms with E-state index in [-0.39, 0.29) is 24.9 Å². The topological polar surface area (TPSA) is 66.0 Å². The normalized spacial score (nSPS) is 9.20. The van der Waals surface area contributed by atoms with Crippen LogP contribution in [-0.4, -0.2) is 12.5 Å². The zero-order valence-electron chi connectivity index (χ0n) is 8.00. The van der Waals surface area contributed by atoms with Crippen molar-refractivity contribution in [3.63, 3.8) is 0 Å². The van der Waals surface area contributed by atoms with Crippen LogP contribution in [0, 0.1) is 0 Å². The van der Waals surface area contributed by atoms with Gasteiger partial charge in [0.25, 0.3) is 5.91 Å². The van der Waals surface area contributed by atoms with Gasteiger partial charge in [0.05, 0.1) is 0 Å². The minimum Gasteiger partial charge on any atom is -1.00 e. The smallest absolute Gasteiger partial charge is 0.252 e. The molecule has 1 amide bonds. The van der Waals surface area contributed by atoms with Crippen molar-refractivity contribution in [2.75, 3.05) is 6.61 Å². The molecule has 15 heavy (non-hydrogen) atoms. The lowest BCUT2D eigenvalue weighted by Crippen LogP contribution is -3.00. The highest BCUT2D eigenvalue weighted by Gasteiger charge is 2.00. The maximum Gasteiger partial charge on any atom is 0.252 e. The lowest BCUT2D eigenvalue weighted by Gasteiger charge is -2.03. The van der Waals surface area contributed by atoms with E-state index in [1.165, 1.54) is 0 Å². The third kappa shape index (κ3) is 5.59. The van der Waals surface area contributed by atoms with Gasteiger partial charge in [0.2, 0.25) is 0 Å². The van der Waals surface area contributed by atoms with Crippen molar-refractivity contribution in [2.24, 2.45) is 0 Å². The van der Waals surface area contributed by atoms with E-state index in [0.29, 0.717) is 11.6 Å². The molecule has 0 aliphatic heterocycles. The molecule has 0 saturated heterocycles. The van der Waals surface area contributed by atoms with Crippen LogP contribution in [0.1, 0.15) is 5.56 Å². The summed E-state index contributed by atoms with van der Waals surface area (Å²) in [4.78, 5) is 15.4. The number of hydrogen-bond acceptors (Lipinski definition) is 2. The summed E-state index contributed by atoms with van der Waals surface area (Å²) in [5.41, 5.74) is 0.992. The average Bonchev–Trinajstić information content (AvgIpc) is 2.17. The second-order valence-corrected chi connectivity index (χ2v) is 3.19. The van der Waals surface area contributed by atoms with Crippen LogP contribution < -0.4 is 23.6 Å². The first-order valence-electron chi connectivity index (χ1n) is 4.10. The molecule has 84 valence electrons. The Balaban J connectivity index is 0.00000196. The van der Waals surface area contributed by atoms with Crippen LogP contribution in [0.2, 0.25) is 5.02 Å². The Bertz CT molecular complexity index is 303. The highest BCUT2D eigenvalue weighted by Crippen LogP contribution is 2.08. The first kappa shape index (κ1) is 14.2. The maximum absolute atomic E-state index is 11.0. The third-order valence-electron chi connectivity index (χ3n) is 1.64. The van der Waals surface area contributed by atoms with Crippen LogP contribution in [0.3, 0.4) is 0 Å². The van der Waals surface area contributed by atoms with E-state index in [1.807, 2.05) is 12.1 Å². The largest absolute Gasteiger partial charge is 1.00 e. The minimum absolute atomic E-state index is 0. The van der Waals surface area contributed by atoms with Gasteiger partial charge < -0.3 is 17.7 Å². The molecule has 1 rings (SSSR count). The average molecular weight is 251 g/mol. The van der Waals surface area contributed by atoms with E-state index in [1.54, 1.807) is 12.1 Å². The van der Waals surface area contributed by atoms with Crippen LogP contribution in [0.4, 0.5) is 0 Å². The van der Waals surface area contributed by atoms with E-state index in [0.717, 1.165) is 5.56 Å². The van der Waals surface area contributed by atoms with E-state index in [9.17, 15) is 4.79 Å². The van der Waals surface area contributed by atoms with Gasteiger partial charge in [0.15, 0.2) is 6.61 Å². The Kier molecular flexibility index (Phi) is 7.07. The zero-order valence-corrected chi connectivity index (χ0v) is 9.52. The third-order valence-corrected chi connectivity index (χ3v) is 1.89. The summed E-state index contributed by atoms with van der Waals surface area (Å²) in [5, 5.41) is 3.35. The van der Waals surface area contributed by atoms with Gasteiger partial charge in [-0.05, 0) is 17.7 Å². The summed E-state index contributed by atoms with van der Waals surface area (Å²) >= 11 is 5.71. The van der Waals surface area contributed by atoms with Crippen LogP contribution in [0.5, 0.6) is 0 Å². The van der Waals surface area contributed by atoms with Crippen molar-refractivity contribution in [3.8, 4) is 0 Å². The fraction of sp³-hybridized carbons (Fsp3) is 0.222. The van der Waals surface area contributed by atoms with Crippen LogP contribution >= 0.6 is 11.6 Å². The highest BCUT2D eigenvalue weighted by atomic mass is 35.5. The molecule has 0 bridgehead atoms. The summed E-state index contributed by atoms with van der Waals surface area (Å²) in [6.45, 7) is 0.451. The predicted octanol–water partition coefficient (Wildman–Crippen LogP) is -2.87. The molecular formula is C9H12Cl2N2O2. The van der Waals surface area contributed by atoms with Gasteiger partial charge in [-0.1, -0.05) is 23.7 Å². The molecule has 0 atom stereocenters. The van der Waals surface area contributed by atoms with Crippen molar-refractivity contribution in [1.29, 1.82) is 0 Å². The Labute approximate surface area is 99.1 Å². The molecule has 0 heterocycles. The van der Waals surface area contributed by atoms with E-state index in [4.69, 9.17) is 11.6 Å². The molecule has 0 radical (unpaired) electrons. The highest BCUT2D eigenvalue weighted by molar-refractivity contribution is 6.30. The Morgan fingerprint density at radius 2 is 2.00 bits per heavy atom. The van der Waals surface area contributed by atoms with Gasteiger partial charge in [-0.15, -0.1) is 0 Å². The number of rotatable bonds is 4. The number of carbonyl (C=O) groups excluding carboxylic acids is 1. The van der Waals surface area contributed by atoms with Crippen LogP contribution in [0.25, 0.3) is 0 Å². The molecule has 0 unspecified atom stereocenters. The molecule has 0 fully saturated rings. The summed E-state index contributed by atoms with van der Waals surface area (Å²) in [5.74, 6) is 2.93. The van der Waals surface area contributed by atoms with Crippen molar-refractivity contribution >= 4 is 17.5 Å². The van der Waals surface area contributed by atoms with Gasteiger partial charge in [0, 0.05) is 11.6 Å². The van der Waals surface area contributed by atoms with Crippen LogP contribution in [-0.2, 0) is 16.2 Å². The number of nitrogens with one attached hydrogen (secondary N) is 1. The lowest BCUT2D eigenvalue weighted by atomic mass is 10.2. The van der Waals surface area contributed by atoms with Gasteiger partial charge in [-0.3, -0.25) is 4.79 Å². The van der Waals surface area contributed by atoms with E-state index < -0.39 is 0 Å². The number of hydrogen-bond donors (Lipinski definition) is 2. The van der Waals surface area contributed by atoms with Crippen molar-refractivity contribution in [1.82, 2.24) is 5.32 Å². The first-order chi connectivity index (χ1) is 6.72. The molecule has 0 aliphatic rings. The monoisotopic (exact) mass is 250 g/mol. The SMILES string of the molecule is [Cl-].[NH3+]OCC(=O)NCc1ccc(Cl)cc1. The van der Waals surface area contributed by atoms with Crippen molar-refractivity contribution < 1.29 is 27.9 Å². The predicted molar refractivity (Wildman–Crippen MR) is 52.1 cm³/mol. The maximum atomic E-state index is 11.0. The zero-order chi connectivity index (χ0) is 10.4. The lowest BCUT2D eigenvalue weighted by molar-refractivity contribution is -0.685. The first-order valence-corrected chi connectivity index (χ1v) is 4.48. The molecule has 6 heteroatoms. The summed E-state index contributed by atoms with van der Waals surface area (Å²) in [6.07, 6.45) is 0. The Hall–Kier alpha value is -0.810. The van der Waals surface area contributed by atoms with Gasteiger partial charge in [-0.25, -0.2) is 5.90 Å². The van der Waals surface area contributed by atoms with Crippen LogP contribution in [0.15, 0.2) is 24.3 Å². The second-order valence-electron chi connectivity index (χ2n) is 2.75. The molecule has 0 aromatic heterocycles. The quantitative estimate of drug-likeness (QED) is 0.565. The number of quaternary nitrogens is 1. The van der Waals surface area contributed by atoms with E-state index >= 15 is 0 Å². The minimum atomic E-state index is -0.185. The Morgan fingerprint density at radius 1 is 1.40 bits per heavy atom. The molecule has 4 nitrogen and oxygen atoms in total. The molecule has 1 aromatic rings.